The van der Waals surface area contributed by atoms with Crippen LogP contribution in [0.3, 0.4) is 0 Å². The van der Waals surface area contributed by atoms with Crippen molar-refractivity contribution in [2.75, 3.05) is 6.54 Å². The molecule has 5 heteroatoms. The fraction of sp³-hybridized carbons (Fsp3) is 0.857. The molecule has 0 saturated carbocycles. The van der Waals surface area contributed by atoms with Crippen LogP contribution in [0.25, 0.3) is 0 Å². The van der Waals surface area contributed by atoms with E-state index in [1.807, 2.05) is 13.8 Å². The van der Waals surface area contributed by atoms with Gasteiger partial charge in [-0.25, -0.2) is 0 Å². The monoisotopic (exact) mass is 270 g/mol. The minimum absolute atomic E-state index is 0.0277. The van der Waals surface area contributed by atoms with Gasteiger partial charge in [0.15, 0.2) is 0 Å². The Hall–Kier alpha value is -1.10. The first-order valence-corrected chi connectivity index (χ1v) is 6.91. The highest BCUT2D eigenvalue weighted by Crippen LogP contribution is 2.30. The molecule has 1 amide bonds. The normalized spacial score (nSPS) is 22.8. The van der Waals surface area contributed by atoms with E-state index in [2.05, 4.69) is 24.5 Å². The summed E-state index contributed by atoms with van der Waals surface area (Å²) < 4.78 is 0. The van der Waals surface area contributed by atoms with Crippen molar-refractivity contribution in [1.29, 1.82) is 0 Å². The number of nitrogens with one attached hydrogen (secondary N) is 2. The molecule has 0 aromatic carbocycles. The number of rotatable bonds is 5. The van der Waals surface area contributed by atoms with Crippen LogP contribution < -0.4 is 10.6 Å². The number of hydrogen-bond donors (Lipinski definition) is 3. The van der Waals surface area contributed by atoms with Crippen molar-refractivity contribution in [2.45, 2.75) is 65.0 Å². The topological polar surface area (TPSA) is 78.4 Å². The van der Waals surface area contributed by atoms with E-state index in [1.165, 1.54) is 0 Å². The Morgan fingerprint density at radius 3 is 2.58 bits per heavy atom. The average molecular weight is 270 g/mol. The molecular formula is C14H26N2O3. The van der Waals surface area contributed by atoms with Gasteiger partial charge in [-0.05, 0) is 45.1 Å². The molecule has 19 heavy (non-hydrogen) atoms. The second-order valence-electron chi connectivity index (χ2n) is 6.75. The number of carboxylic acids is 1. The van der Waals surface area contributed by atoms with Crippen LogP contribution in [0.15, 0.2) is 0 Å². The average Bonchev–Trinajstić information content (AvgIpc) is 2.25. The Morgan fingerprint density at radius 2 is 2.05 bits per heavy atom. The van der Waals surface area contributed by atoms with E-state index >= 15 is 0 Å². The molecule has 1 saturated heterocycles. The summed E-state index contributed by atoms with van der Waals surface area (Å²) >= 11 is 0. The first kappa shape index (κ1) is 16.0. The van der Waals surface area contributed by atoms with Crippen LogP contribution in [-0.2, 0) is 9.59 Å². The first-order chi connectivity index (χ1) is 8.64. The molecule has 1 aliphatic heterocycles. The molecule has 3 N–H and O–H groups in total. The van der Waals surface area contributed by atoms with Crippen LogP contribution in [0, 0.1) is 5.41 Å². The number of aliphatic carboxylic acids is 1. The zero-order chi connectivity index (χ0) is 14.7. The van der Waals surface area contributed by atoms with E-state index in [4.69, 9.17) is 5.11 Å². The zero-order valence-electron chi connectivity index (χ0n) is 12.4. The summed E-state index contributed by atoms with van der Waals surface area (Å²) in [5, 5.41) is 15.0. The van der Waals surface area contributed by atoms with Gasteiger partial charge >= 0.3 is 5.97 Å². The van der Waals surface area contributed by atoms with Gasteiger partial charge in [0.1, 0.15) is 0 Å². The fourth-order valence-corrected chi connectivity index (χ4v) is 2.55. The van der Waals surface area contributed by atoms with E-state index < -0.39 is 11.5 Å². The Bertz CT molecular complexity index is 351. The van der Waals surface area contributed by atoms with Crippen LogP contribution >= 0.6 is 0 Å². The maximum Gasteiger partial charge on any atom is 0.303 e. The minimum atomic E-state index is -0.835. The van der Waals surface area contributed by atoms with E-state index in [-0.39, 0.29) is 23.8 Å². The number of piperidine rings is 1. The lowest BCUT2D eigenvalue weighted by Crippen LogP contribution is -2.59. The van der Waals surface area contributed by atoms with Crippen molar-refractivity contribution >= 4 is 11.9 Å². The van der Waals surface area contributed by atoms with Gasteiger partial charge in [-0.2, -0.15) is 0 Å². The van der Waals surface area contributed by atoms with Gasteiger partial charge in [0.2, 0.25) is 5.91 Å². The number of carbonyl (C=O) groups excluding carboxylic acids is 1. The lowest BCUT2D eigenvalue weighted by atomic mass is 9.77. The molecule has 0 aliphatic carbocycles. The van der Waals surface area contributed by atoms with Crippen molar-refractivity contribution in [1.82, 2.24) is 10.6 Å². The lowest BCUT2D eigenvalue weighted by Gasteiger charge is -2.40. The molecule has 1 rings (SSSR count). The predicted molar refractivity (Wildman–Crippen MR) is 73.9 cm³/mol. The highest BCUT2D eigenvalue weighted by atomic mass is 16.4. The van der Waals surface area contributed by atoms with E-state index in [9.17, 15) is 9.59 Å². The van der Waals surface area contributed by atoms with E-state index in [1.54, 1.807) is 0 Å². The SMILES string of the molecule is CC(C)(CCC(=O)O)NC(=O)C1NCCCC1(C)C. The smallest absolute Gasteiger partial charge is 0.303 e. The predicted octanol–water partition coefficient (Wildman–Crippen LogP) is 1.52. The van der Waals surface area contributed by atoms with Gasteiger partial charge in [-0.1, -0.05) is 13.8 Å². The van der Waals surface area contributed by atoms with Crippen molar-refractivity contribution in [2.24, 2.45) is 5.41 Å². The quantitative estimate of drug-likeness (QED) is 0.708. The van der Waals surface area contributed by atoms with Crippen molar-refractivity contribution in [3.8, 4) is 0 Å². The molecule has 1 atom stereocenters. The second-order valence-corrected chi connectivity index (χ2v) is 6.75. The van der Waals surface area contributed by atoms with Gasteiger partial charge in [0, 0.05) is 12.0 Å². The summed E-state index contributed by atoms with van der Waals surface area (Å²) in [6, 6.07) is -0.203. The molecule has 5 nitrogen and oxygen atoms in total. The van der Waals surface area contributed by atoms with Gasteiger partial charge in [0.05, 0.1) is 6.04 Å². The number of carboxylic acid groups (broad SMARTS) is 1. The Labute approximate surface area is 115 Å². The molecule has 0 aromatic heterocycles. The summed E-state index contributed by atoms with van der Waals surface area (Å²) in [7, 11) is 0. The molecule has 110 valence electrons. The standard InChI is InChI=1S/C14H26N2O3/c1-13(2)7-5-9-15-11(13)12(19)16-14(3,4)8-6-10(17)18/h11,15H,5-9H2,1-4H3,(H,16,19)(H,17,18). The summed E-state index contributed by atoms with van der Waals surface area (Å²) in [6.07, 6.45) is 2.60. The molecule has 0 spiro atoms. The Morgan fingerprint density at radius 1 is 1.42 bits per heavy atom. The highest BCUT2D eigenvalue weighted by Gasteiger charge is 2.38. The zero-order valence-corrected chi connectivity index (χ0v) is 12.4. The third kappa shape index (κ3) is 4.82. The molecule has 0 radical (unpaired) electrons. The highest BCUT2D eigenvalue weighted by molar-refractivity contribution is 5.83. The number of amides is 1. The minimum Gasteiger partial charge on any atom is -0.481 e. The molecule has 0 aromatic rings. The molecule has 1 aliphatic rings. The molecule has 1 unspecified atom stereocenters. The Balaban J connectivity index is 2.60. The third-order valence-electron chi connectivity index (χ3n) is 3.82. The van der Waals surface area contributed by atoms with Gasteiger partial charge in [0.25, 0.3) is 0 Å². The maximum absolute atomic E-state index is 12.4. The van der Waals surface area contributed by atoms with Crippen LogP contribution in [0.4, 0.5) is 0 Å². The summed E-state index contributed by atoms with van der Waals surface area (Å²) in [5.41, 5.74) is -0.560. The maximum atomic E-state index is 12.4. The van der Waals surface area contributed by atoms with Crippen molar-refractivity contribution in [3.63, 3.8) is 0 Å². The van der Waals surface area contributed by atoms with Crippen LogP contribution in [-0.4, -0.2) is 35.1 Å². The summed E-state index contributed by atoms with van der Waals surface area (Å²) in [6.45, 7) is 8.77. The summed E-state index contributed by atoms with van der Waals surface area (Å²) in [4.78, 5) is 23.0. The first-order valence-electron chi connectivity index (χ1n) is 6.91. The molecular weight excluding hydrogens is 244 g/mol. The van der Waals surface area contributed by atoms with Crippen LogP contribution in [0.5, 0.6) is 0 Å². The van der Waals surface area contributed by atoms with Gasteiger partial charge < -0.3 is 15.7 Å². The van der Waals surface area contributed by atoms with Crippen molar-refractivity contribution < 1.29 is 14.7 Å². The molecule has 1 heterocycles. The van der Waals surface area contributed by atoms with Gasteiger partial charge in [-0.15, -0.1) is 0 Å². The fourth-order valence-electron chi connectivity index (χ4n) is 2.55. The summed E-state index contributed by atoms with van der Waals surface area (Å²) in [5.74, 6) is -0.862. The number of carbonyl (C=O) groups is 2. The van der Waals surface area contributed by atoms with Crippen LogP contribution in [0.1, 0.15) is 53.4 Å². The third-order valence-corrected chi connectivity index (χ3v) is 3.82. The van der Waals surface area contributed by atoms with Crippen LogP contribution in [0.2, 0.25) is 0 Å². The molecule has 1 fully saturated rings. The van der Waals surface area contributed by atoms with Gasteiger partial charge in [-0.3, -0.25) is 9.59 Å². The van der Waals surface area contributed by atoms with E-state index in [0.717, 1.165) is 19.4 Å². The number of hydrogen-bond acceptors (Lipinski definition) is 3. The van der Waals surface area contributed by atoms with E-state index in [0.29, 0.717) is 6.42 Å². The second kappa shape index (κ2) is 5.90. The largest absolute Gasteiger partial charge is 0.481 e. The Kier molecular flexibility index (Phi) is 4.96. The molecule has 0 bridgehead atoms. The lowest BCUT2D eigenvalue weighted by molar-refractivity contribution is -0.138. The van der Waals surface area contributed by atoms with Crippen molar-refractivity contribution in [3.05, 3.63) is 0 Å².